The molecule has 0 aliphatic heterocycles. The molecule has 0 unspecified atom stereocenters. The topological polar surface area (TPSA) is 88.2 Å². The molecule has 0 saturated carbocycles. The third kappa shape index (κ3) is 4.20. The maximum atomic E-state index is 12.9. The monoisotopic (exact) mass is 377 g/mol. The Morgan fingerprint density at radius 1 is 1.04 bits per heavy atom. The molecular formula is C16H12FN3O3S2. The van der Waals surface area contributed by atoms with E-state index in [9.17, 15) is 17.6 Å². The van der Waals surface area contributed by atoms with Crippen molar-refractivity contribution in [1.29, 1.82) is 0 Å². The molecule has 3 aromatic rings. The predicted octanol–water partition coefficient (Wildman–Crippen LogP) is 3.34. The van der Waals surface area contributed by atoms with E-state index in [1.165, 1.54) is 47.7 Å². The van der Waals surface area contributed by atoms with Crippen LogP contribution in [0.15, 0.2) is 65.0 Å². The molecule has 0 fully saturated rings. The van der Waals surface area contributed by atoms with Gasteiger partial charge in [-0.3, -0.25) is 14.8 Å². The third-order valence-corrected chi connectivity index (χ3v) is 5.26. The van der Waals surface area contributed by atoms with Crippen molar-refractivity contribution in [3.8, 4) is 0 Å². The molecule has 6 nitrogen and oxygen atoms in total. The fourth-order valence-electron chi connectivity index (χ4n) is 1.97. The Hall–Kier alpha value is -2.78. The lowest BCUT2D eigenvalue weighted by molar-refractivity contribution is 0.102. The van der Waals surface area contributed by atoms with Crippen LogP contribution in [0.3, 0.4) is 0 Å². The van der Waals surface area contributed by atoms with Crippen LogP contribution in [0, 0.1) is 5.82 Å². The lowest BCUT2D eigenvalue weighted by Crippen LogP contribution is -2.14. The van der Waals surface area contributed by atoms with Crippen LogP contribution in [0.4, 0.5) is 15.2 Å². The second-order valence-corrected chi connectivity index (χ2v) is 7.51. The van der Waals surface area contributed by atoms with Crippen molar-refractivity contribution < 1.29 is 17.6 Å². The maximum absolute atomic E-state index is 12.9. The molecule has 1 heterocycles. The van der Waals surface area contributed by atoms with Gasteiger partial charge in [-0.25, -0.2) is 17.8 Å². The molecule has 2 N–H and O–H groups in total. The zero-order valence-electron chi connectivity index (χ0n) is 12.6. The fourth-order valence-corrected chi connectivity index (χ4v) is 3.55. The molecule has 0 atom stereocenters. The van der Waals surface area contributed by atoms with E-state index >= 15 is 0 Å². The zero-order chi connectivity index (χ0) is 17.9. The molecule has 1 amide bonds. The molecule has 128 valence electrons. The number of rotatable bonds is 5. The summed E-state index contributed by atoms with van der Waals surface area (Å²) in [5, 5.41) is 4.80. The highest BCUT2D eigenvalue weighted by molar-refractivity contribution is 7.92. The first-order valence-electron chi connectivity index (χ1n) is 7.03. The number of hydrogen-bond donors (Lipinski definition) is 2. The van der Waals surface area contributed by atoms with Gasteiger partial charge in [-0.15, -0.1) is 11.3 Å². The number of amides is 1. The summed E-state index contributed by atoms with van der Waals surface area (Å²) in [5.74, 6) is -0.844. The van der Waals surface area contributed by atoms with Gasteiger partial charge in [0, 0.05) is 22.8 Å². The highest BCUT2D eigenvalue weighted by Gasteiger charge is 2.15. The summed E-state index contributed by atoms with van der Waals surface area (Å²) in [5.41, 5.74) is 0.544. The second kappa shape index (κ2) is 6.99. The van der Waals surface area contributed by atoms with E-state index in [1.807, 2.05) is 0 Å². The van der Waals surface area contributed by atoms with Crippen LogP contribution in [-0.2, 0) is 10.0 Å². The molecule has 0 bridgehead atoms. The fraction of sp³-hybridized carbons (Fsp3) is 0. The third-order valence-electron chi connectivity index (χ3n) is 3.18. The van der Waals surface area contributed by atoms with Gasteiger partial charge in [0.2, 0.25) is 0 Å². The van der Waals surface area contributed by atoms with E-state index in [0.717, 1.165) is 12.1 Å². The first-order chi connectivity index (χ1) is 11.9. The molecule has 9 heteroatoms. The van der Waals surface area contributed by atoms with Crippen molar-refractivity contribution in [2.24, 2.45) is 0 Å². The van der Waals surface area contributed by atoms with Crippen molar-refractivity contribution in [1.82, 2.24) is 4.98 Å². The van der Waals surface area contributed by atoms with Crippen LogP contribution < -0.4 is 10.0 Å². The predicted molar refractivity (Wildman–Crippen MR) is 93.7 cm³/mol. The Kier molecular flexibility index (Phi) is 4.77. The number of nitrogens with one attached hydrogen (secondary N) is 2. The number of thiazole rings is 1. The first kappa shape index (κ1) is 17.1. The number of carbonyl (C=O) groups excluding carboxylic acids is 1. The summed E-state index contributed by atoms with van der Waals surface area (Å²) in [6.07, 6.45) is 1.57. The lowest BCUT2D eigenvalue weighted by Gasteiger charge is -2.09. The average molecular weight is 377 g/mol. The van der Waals surface area contributed by atoms with Gasteiger partial charge < -0.3 is 0 Å². The van der Waals surface area contributed by atoms with E-state index in [-0.39, 0.29) is 16.5 Å². The van der Waals surface area contributed by atoms with Crippen LogP contribution in [0.1, 0.15) is 10.4 Å². The van der Waals surface area contributed by atoms with Gasteiger partial charge in [0.05, 0.1) is 4.90 Å². The molecule has 0 spiro atoms. The first-order valence-corrected chi connectivity index (χ1v) is 9.40. The Bertz CT molecular complexity index is 970. The highest BCUT2D eigenvalue weighted by Crippen LogP contribution is 2.18. The lowest BCUT2D eigenvalue weighted by atomic mass is 10.2. The standard InChI is InChI=1S/C16H12FN3O3S2/c17-12-3-5-13(6-4-12)20-25(22,23)14-7-1-11(2-8-14)15(21)19-16-18-9-10-24-16/h1-10,20H,(H,18,19,21). The number of anilines is 2. The minimum absolute atomic E-state index is 0.0115. The summed E-state index contributed by atoms with van der Waals surface area (Å²) in [6, 6.07) is 10.4. The van der Waals surface area contributed by atoms with E-state index < -0.39 is 15.8 Å². The molecule has 0 aliphatic carbocycles. The summed E-state index contributed by atoms with van der Waals surface area (Å²) in [4.78, 5) is 16.0. The van der Waals surface area contributed by atoms with Crippen molar-refractivity contribution in [2.75, 3.05) is 10.0 Å². The molecule has 25 heavy (non-hydrogen) atoms. The summed E-state index contributed by atoms with van der Waals surface area (Å²) in [7, 11) is -3.83. The Morgan fingerprint density at radius 3 is 2.32 bits per heavy atom. The summed E-state index contributed by atoms with van der Waals surface area (Å²) in [6.45, 7) is 0. The van der Waals surface area contributed by atoms with Gasteiger partial charge in [-0.2, -0.15) is 0 Å². The quantitative estimate of drug-likeness (QED) is 0.714. The van der Waals surface area contributed by atoms with Gasteiger partial charge in [0.25, 0.3) is 15.9 Å². The summed E-state index contributed by atoms with van der Waals surface area (Å²) >= 11 is 1.28. The van der Waals surface area contributed by atoms with Gasteiger partial charge >= 0.3 is 0 Å². The summed E-state index contributed by atoms with van der Waals surface area (Å²) < 4.78 is 39.8. The molecule has 1 aromatic heterocycles. The molecule has 0 aliphatic rings. The SMILES string of the molecule is O=C(Nc1nccs1)c1ccc(S(=O)(=O)Nc2ccc(F)cc2)cc1. The number of benzene rings is 2. The minimum atomic E-state index is -3.83. The Morgan fingerprint density at radius 2 is 1.72 bits per heavy atom. The van der Waals surface area contributed by atoms with E-state index in [1.54, 1.807) is 11.6 Å². The number of hydrogen-bond acceptors (Lipinski definition) is 5. The van der Waals surface area contributed by atoms with E-state index in [0.29, 0.717) is 10.7 Å². The Labute approximate surface area is 147 Å². The van der Waals surface area contributed by atoms with Crippen LogP contribution in [0.25, 0.3) is 0 Å². The molecule has 0 radical (unpaired) electrons. The molecular weight excluding hydrogens is 365 g/mol. The van der Waals surface area contributed by atoms with E-state index in [2.05, 4.69) is 15.0 Å². The average Bonchev–Trinajstić information content (AvgIpc) is 3.10. The van der Waals surface area contributed by atoms with Crippen LogP contribution in [0.2, 0.25) is 0 Å². The maximum Gasteiger partial charge on any atom is 0.261 e. The number of aromatic nitrogens is 1. The van der Waals surface area contributed by atoms with Crippen molar-refractivity contribution in [2.45, 2.75) is 4.90 Å². The minimum Gasteiger partial charge on any atom is -0.298 e. The van der Waals surface area contributed by atoms with Crippen molar-refractivity contribution in [3.05, 3.63) is 71.5 Å². The van der Waals surface area contributed by atoms with Gasteiger partial charge in [-0.1, -0.05) is 0 Å². The zero-order valence-corrected chi connectivity index (χ0v) is 14.3. The normalized spacial score (nSPS) is 11.1. The van der Waals surface area contributed by atoms with Gasteiger partial charge in [0.15, 0.2) is 5.13 Å². The number of carbonyl (C=O) groups is 1. The second-order valence-electron chi connectivity index (χ2n) is 4.93. The van der Waals surface area contributed by atoms with Gasteiger partial charge in [0.1, 0.15) is 5.82 Å². The van der Waals surface area contributed by atoms with Crippen LogP contribution in [0.5, 0.6) is 0 Å². The largest absolute Gasteiger partial charge is 0.298 e. The highest BCUT2D eigenvalue weighted by atomic mass is 32.2. The Balaban J connectivity index is 1.74. The molecule has 2 aromatic carbocycles. The van der Waals surface area contributed by atoms with Crippen LogP contribution >= 0.6 is 11.3 Å². The van der Waals surface area contributed by atoms with Crippen molar-refractivity contribution >= 4 is 38.1 Å². The number of halogens is 1. The molecule has 0 saturated heterocycles. The number of sulfonamides is 1. The smallest absolute Gasteiger partial charge is 0.261 e. The number of nitrogens with zero attached hydrogens (tertiary/aromatic N) is 1. The van der Waals surface area contributed by atoms with E-state index in [4.69, 9.17) is 0 Å². The van der Waals surface area contributed by atoms with Crippen molar-refractivity contribution in [3.63, 3.8) is 0 Å². The van der Waals surface area contributed by atoms with Crippen LogP contribution in [-0.4, -0.2) is 19.3 Å². The molecule has 3 rings (SSSR count). The van der Waals surface area contributed by atoms with Gasteiger partial charge in [-0.05, 0) is 48.5 Å².